The number of aryl methyl sites for hydroxylation is 1. The summed E-state index contributed by atoms with van der Waals surface area (Å²) in [6, 6.07) is 14.3. The molecule has 0 bridgehead atoms. The van der Waals surface area contributed by atoms with Gasteiger partial charge in [0.05, 0.1) is 22.3 Å². The van der Waals surface area contributed by atoms with Gasteiger partial charge in [0.2, 0.25) is 5.91 Å². The molecule has 168 valence electrons. The zero-order valence-electron chi connectivity index (χ0n) is 17.8. The van der Waals surface area contributed by atoms with Crippen molar-refractivity contribution >= 4 is 46.0 Å². The fourth-order valence-electron chi connectivity index (χ4n) is 3.53. The number of carbonyl (C=O) groups excluding carboxylic acids is 1. The van der Waals surface area contributed by atoms with Crippen LogP contribution in [0.3, 0.4) is 0 Å². The van der Waals surface area contributed by atoms with Gasteiger partial charge in [-0.05, 0) is 36.2 Å². The molecular weight excluding hydrogens is 460 g/mol. The number of rotatable bonds is 7. The number of para-hydroxylation sites is 1. The second kappa shape index (κ2) is 9.60. The van der Waals surface area contributed by atoms with Crippen LogP contribution in [-0.4, -0.2) is 25.4 Å². The van der Waals surface area contributed by atoms with Gasteiger partial charge in [-0.15, -0.1) is 0 Å². The molecule has 0 radical (unpaired) electrons. The molecule has 2 aromatic carbocycles. The van der Waals surface area contributed by atoms with Gasteiger partial charge >= 0.3 is 0 Å². The average Bonchev–Trinajstić information content (AvgIpc) is 2.80. The third-order valence-electron chi connectivity index (χ3n) is 5.04. The molecule has 0 unspecified atom stereocenters. The van der Waals surface area contributed by atoms with Crippen LogP contribution < -0.4 is 17.0 Å². The quantitative estimate of drug-likeness (QED) is 0.306. The summed E-state index contributed by atoms with van der Waals surface area (Å²) >= 11 is 7.29. The lowest BCUT2D eigenvalue weighted by molar-refractivity contribution is -0.118. The predicted octanol–water partition coefficient (Wildman–Crippen LogP) is 3.43. The number of aromatic nitrogens is 4. The smallest absolute Gasteiger partial charge is 0.261 e. The van der Waals surface area contributed by atoms with Crippen LogP contribution in [0.25, 0.3) is 22.0 Å². The minimum absolute atomic E-state index is 0.259. The summed E-state index contributed by atoms with van der Waals surface area (Å²) in [6.45, 7) is 1.73. The van der Waals surface area contributed by atoms with E-state index in [2.05, 4.69) is 15.0 Å². The Balaban J connectivity index is 1.69. The van der Waals surface area contributed by atoms with Gasteiger partial charge in [-0.3, -0.25) is 14.2 Å². The molecule has 0 aliphatic rings. The van der Waals surface area contributed by atoms with E-state index in [0.29, 0.717) is 39.1 Å². The van der Waals surface area contributed by atoms with Crippen molar-refractivity contribution in [3.8, 4) is 11.1 Å². The molecule has 4 aromatic rings. The first-order valence-corrected chi connectivity index (χ1v) is 11.6. The zero-order chi connectivity index (χ0) is 23.5. The van der Waals surface area contributed by atoms with Crippen molar-refractivity contribution in [3.63, 3.8) is 0 Å². The third-order valence-corrected chi connectivity index (χ3v) is 6.14. The topological polar surface area (TPSA) is 130 Å². The molecule has 0 atom stereocenters. The van der Waals surface area contributed by atoms with Gasteiger partial charge in [-0.2, -0.15) is 0 Å². The highest BCUT2D eigenvalue weighted by Gasteiger charge is 2.17. The fourth-order valence-corrected chi connectivity index (χ4v) is 4.47. The van der Waals surface area contributed by atoms with Crippen LogP contribution in [-0.2, 0) is 23.5 Å². The van der Waals surface area contributed by atoms with Crippen LogP contribution in [0.4, 0.5) is 5.82 Å². The summed E-state index contributed by atoms with van der Waals surface area (Å²) in [5, 5.41) is 1.51. The number of hydrogen-bond acceptors (Lipinski definition) is 7. The molecule has 10 heteroatoms. The number of nitrogens with zero attached hydrogens (tertiary/aromatic N) is 4. The van der Waals surface area contributed by atoms with Gasteiger partial charge in [0.25, 0.3) is 5.56 Å². The lowest BCUT2D eigenvalue weighted by Crippen LogP contribution is -2.31. The largest absolute Gasteiger partial charge is 0.383 e. The van der Waals surface area contributed by atoms with Gasteiger partial charge in [0.15, 0.2) is 5.16 Å². The van der Waals surface area contributed by atoms with Gasteiger partial charge in [-0.1, -0.05) is 54.6 Å². The maximum atomic E-state index is 12.9. The first-order chi connectivity index (χ1) is 15.9. The number of halogens is 1. The van der Waals surface area contributed by atoms with Crippen LogP contribution in [0.2, 0.25) is 5.02 Å². The number of benzene rings is 2. The van der Waals surface area contributed by atoms with Crippen LogP contribution >= 0.6 is 23.4 Å². The second-order valence-electron chi connectivity index (χ2n) is 7.27. The Morgan fingerprint density at radius 1 is 1.09 bits per heavy atom. The number of anilines is 1. The van der Waals surface area contributed by atoms with Crippen molar-refractivity contribution in [1.29, 1.82) is 0 Å². The number of thioether (sulfide) groups is 1. The number of nitrogen functional groups attached to an aromatic ring is 1. The molecule has 0 saturated carbocycles. The van der Waals surface area contributed by atoms with Crippen LogP contribution in [0.15, 0.2) is 58.5 Å². The normalized spacial score (nSPS) is 11.1. The van der Waals surface area contributed by atoms with E-state index in [1.165, 1.54) is 16.3 Å². The number of hydrogen-bond donors (Lipinski definition) is 2. The van der Waals surface area contributed by atoms with Crippen molar-refractivity contribution in [1.82, 2.24) is 19.5 Å². The van der Waals surface area contributed by atoms with Crippen LogP contribution in [0.5, 0.6) is 0 Å². The molecule has 2 aromatic heterocycles. The molecule has 8 nitrogen and oxygen atoms in total. The molecule has 0 saturated heterocycles. The van der Waals surface area contributed by atoms with E-state index in [-0.39, 0.29) is 17.9 Å². The molecule has 0 aliphatic heterocycles. The number of fused-ring (bicyclic) bond motifs is 1. The first kappa shape index (κ1) is 22.8. The molecule has 2 heterocycles. The first-order valence-electron chi connectivity index (χ1n) is 10.2. The van der Waals surface area contributed by atoms with E-state index in [4.69, 9.17) is 23.1 Å². The average molecular weight is 481 g/mol. The van der Waals surface area contributed by atoms with Gasteiger partial charge in [0.1, 0.15) is 18.2 Å². The summed E-state index contributed by atoms with van der Waals surface area (Å²) in [6.07, 6.45) is 0.652. The van der Waals surface area contributed by atoms with E-state index in [1.54, 1.807) is 36.4 Å². The number of primary amides is 1. The lowest BCUT2D eigenvalue weighted by atomic mass is 10.0. The van der Waals surface area contributed by atoms with Gasteiger partial charge < -0.3 is 11.5 Å². The Morgan fingerprint density at radius 3 is 2.52 bits per heavy atom. The Bertz CT molecular complexity index is 1400. The fraction of sp³-hybridized carbons (Fsp3) is 0.174. The van der Waals surface area contributed by atoms with Crippen molar-refractivity contribution in [2.75, 3.05) is 5.73 Å². The maximum Gasteiger partial charge on any atom is 0.261 e. The summed E-state index contributed by atoms with van der Waals surface area (Å²) in [5.41, 5.74) is 14.4. The maximum absolute atomic E-state index is 12.9. The van der Waals surface area contributed by atoms with Crippen molar-refractivity contribution in [3.05, 3.63) is 75.4 Å². The van der Waals surface area contributed by atoms with E-state index >= 15 is 0 Å². The Morgan fingerprint density at radius 2 is 1.82 bits per heavy atom. The standard InChI is InChI=1S/C23H21ClN6O2S/c1-2-16-20(13-7-9-14(24)10-8-13)21(26)29-23(28-16)33-12-19-27-17-6-4-3-5-15(17)22(32)30(19)11-18(25)31/h3-10H,2,11-12H2,1H3,(H2,25,31)(H2,26,28,29). The summed E-state index contributed by atoms with van der Waals surface area (Å²) < 4.78 is 1.30. The molecule has 0 fully saturated rings. The Labute approximate surface area is 199 Å². The summed E-state index contributed by atoms with van der Waals surface area (Å²) in [7, 11) is 0. The lowest BCUT2D eigenvalue weighted by Gasteiger charge is -2.14. The Kier molecular flexibility index (Phi) is 6.62. The predicted molar refractivity (Wildman–Crippen MR) is 131 cm³/mol. The van der Waals surface area contributed by atoms with Crippen molar-refractivity contribution < 1.29 is 4.79 Å². The molecule has 0 aliphatic carbocycles. The molecule has 33 heavy (non-hydrogen) atoms. The molecule has 0 spiro atoms. The Hall–Kier alpha value is -3.43. The minimum atomic E-state index is -0.624. The van der Waals surface area contributed by atoms with Crippen LogP contribution in [0, 0.1) is 0 Å². The summed E-state index contributed by atoms with van der Waals surface area (Å²) in [5.74, 6) is 0.398. The molecule has 4 rings (SSSR count). The highest BCUT2D eigenvalue weighted by molar-refractivity contribution is 7.98. The number of amides is 1. The zero-order valence-corrected chi connectivity index (χ0v) is 19.4. The monoisotopic (exact) mass is 480 g/mol. The van der Waals surface area contributed by atoms with Crippen LogP contribution in [0.1, 0.15) is 18.4 Å². The molecule has 1 amide bonds. The van der Waals surface area contributed by atoms with E-state index in [1.807, 2.05) is 19.1 Å². The van der Waals surface area contributed by atoms with Crippen molar-refractivity contribution in [2.24, 2.45) is 5.73 Å². The van der Waals surface area contributed by atoms with Crippen molar-refractivity contribution in [2.45, 2.75) is 30.8 Å². The number of carbonyl (C=O) groups is 1. The van der Waals surface area contributed by atoms with Gasteiger partial charge in [-0.25, -0.2) is 15.0 Å². The van der Waals surface area contributed by atoms with E-state index in [9.17, 15) is 9.59 Å². The number of nitrogens with two attached hydrogens (primary N) is 2. The second-order valence-corrected chi connectivity index (χ2v) is 8.64. The van der Waals surface area contributed by atoms with Gasteiger partial charge in [0, 0.05) is 10.6 Å². The molecule has 4 N–H and O–H groups in total. The van der Waals surface area contributed by atoms with E-state index in [0.717, 1.165) is 16.8 Å². The SMILES string of the molecule is CCc1nc(SCc2nc3ccccc3c(=O)n2CC(N)=O)nc(N)c1-c1ccc(Cl)cc1. The van der Waals surface area contributed by atoms with E-state index < -0.39 is 5.91 Å². The molecular formula is C23H21ClN6O2S. The minimum Gasteiger partial charge on any atom is -0.383 e. The third kappa shape index (κ3) is 4.84. The summed E-state index contributed by atoms with van der Waals surface area (Å²) in [4.78, 5) is 38.2. The highest BCUT2D eigenvalue weighted by Crippen LogP contribution is 2.31. The highest BCUT2D eigenvalue weighted by atomic mass is 35.5.